The molecule has 0 aliphatic rings. The topological polar surface area (TPSA) is 80.5 Å². The molecule has 0 aliphatic carbocycles. The van der Waals surface area contributed by atoms with E-state index in [4.69, 9.17) is 5.73 Å². The summed E-state index contributed by atoms with van der Waals surface area (Å²) in [5, 5.41) is 9.41. The van der Waals surface area contributed by atoms with Crippen molar-refractivity contribution >= 4 is 11.3 Å². The molecule has 0 aromatic carbocycles. The van der Waals surface area contributed by atoms with Gasteiger partial charge in [0.25, 0.3) is 0 Å². The molecule has 0 bridgehead atoms. The molecule has 3 N–H and O–H groups in total. The highest BCUT2D eigenvalue weighted by molar-refractivity contribution is 7.13. The lowest BCUT2D eigenvalue weighted by molar-refractivity contribution is 0.726. The van der Waals surface area contributed by atoms with Gasteiger partial charge in [-0.1, -0.05) is 0 Å². The van der Waals surface area contributed by atoms with Crippen LogP contribution in [0.2, 0.25) is 0 Å². The second kappa shape index (κ2) is 3.85. The van der Waals surface area contributed by atoms with Crippen molar-refractivity contribution in [1.29, 1.82) is 0 Å². The molecular formula is C8H11N5S. The van der Waals surface area contributed by atoms with Gasteiger partial charge in [-0.15, -0.1) is 11.3 Å². The number of nitrogens with zero attached hydrogens (tertiary/aromatic N) is 3. The van der Waals surface area contributed by atoms with E-state index < -0.39 is 0 Å². The van der Waals surface area contributed by atoms with E-state index in [1.54, 1.807) is 11.3 Å². The van der Waals surface area contributed by atoms with Crippen molar-refractivity contribution in [2.45, 2.75) is 19.4 Å². The average Bonchev–Trinajstić information content (AvgIpc) is 2.69. The van der Waals surface area contributed by atoms with Gasteiger partial charge in [-0.2, -0.15) is 5.10 Å². The molecule has 74 valence electrons. The summed E-state index contributed by atoms with van der Waals surface area (Å²) in [5.41, 5.74) is 6.69. The molecule has 1 unspecified atom stereocenters. The molecule has 2 heterocycles. The van der Waals surface area contributed by atoms with Crippen molar-refractivity contribution in [3.63, 3.8) is 0 Å². The van der Waals surface area contributed by atoms with Crippen LogP contribution in [0.4, 0.5) is 0 Å². The number of aromatic amines is 1. The van der Waals surface area contributed by atoms with Gasteiger partial charge < -0.3 is 5.73 Å². The van der Waals surface area contributed by atoms with Crippen LogP contribution in [0.5, 0.6) is 0 Å². The normalized spacial score (nSPS) is 13.0. The predicted octanol–water partition coefficient (Wildman–Crippen LogP) is 0.818. The third-order valence-corrected chi connectivity index (χ3v) is 2.60. The second-order valence-electron chi connectivity index (χ2n) is 3.16. The number of nitrogens with two attached hydrogens (primary N) is 1. The van der Waals surface area contributed by atoms with Crippen LogP contribution in [-0.2, 0) is 6.42 Å². The third-order valence-electron chi connectivity index (χ3n) is 1.70. The van der Waals surface area contributed by atoms with Crippen LogP contribution in [0, 0.1) is 0 Å². The van der Waals surface area contributed by atoms with Crippen LogP contribution >= 0.6 is 11.3 Å². The Bertz CT molecular complexity index is 392. The molecular weight excluding hydrogens is 198 g/mol. The largest absolute Gasteiger partial charge is 0.328 e. The highest BCUT2D eigenvalue weighted by Gasteiger charge is 2.07. The molecule has 2 aromatic heterocycles. The van der Waals surface area contributed by atoms with E-state index in [0.717, 1.165) is 17.1 Å². The van der Waals surface area contributed by atoms with Crippen LogP contribution < -0.4 is 5.73 Å². The molecule has 0 aliphatic heterocycles. The van der Waals surface area contributed by atoms with E-state index in [2.05, 4.69) is 20.2 Å². The number of thiazole rings is 1. The predicted molar refractivity (Wildman–Crippen MR) is 54.8 cm³/mol. The summed E-state index contributed by atoms with van der Waals surface area (Å²) in [5.74, 6) is 0.714. The minimum Gasteiger partial charge on any atom is -0.328 e. The van der Waals surface area contributed by atoms with Gasteiger partial charge in [0, 0.05) is 17.8 Å². The fourth-order valence-corrected chi connectivity index (χ4v) is 1.92. The smallest absolute Gasteiger partial charge is 0.184 e. The molecule has 0 spiro atoms. The van der Waals surface area contributed by atoms with Crippen molar-refractivity contribution < 1.29 is 0 Å². The number of rotatable bonds is 3. The average molecular weight is 209 g/mol. The number of nitrogens with one attached hydrogen (secondary N) is 1. The molecule has 0 saturated heterocycles. The second-order valence-corrected chi connectivity index (χ2v) is 4.02. The van der Waals surface area contributed by atoms with Gasteiger partial charge in [0.05, 0.1) is 5.69 Å². The van der Waals surface area contributed by atoms with Crippen LogP contribution in [0.15, 0.2) is 11.7 Å². The van der Waals surface area contributed by atoms with Crippen molar-refractivity contribution in [2.75, 3.05) is 0 Å². The first-order valence-corrected chi connectivity index (χ1v) is 5.19. The van der Waals surface area contributed by atoms with Crippen LogP contribution in [0.25, 0.3) is 10.8 Å². The first-order chi connectivity index (χ1) is 6.75. The lowest BCUT2D eigenvalue weighted by Gasteiger charge is -1.99. The van der Waals surface area contributed by atoms with Gasteiger partial charge in [0.2, 0.25) is 0 Å². The van der Waals surface area contributed by atoms with E-state index in [0.29, 0.717) is 5.82 Å². The van der Waals surface area contributed by atoms with Crippen molar-refractivity contribution in [3.05, 3.63) is 17.4 Å². The maximum Gasteiger partial charge on any atom is 0.184 e. The van der Waals surface area contributed by atoms with Crippen molar-refractivity contribution in [2.24, 2.45) is 5.73 Å². The fourth-order valence-electron chi connectivity index (χ4n) is 1.15. The molecule has 6 heteroatoms. The van der Waals surface area contributed by atoms with Crippen LogP contribution in [-0.4, -0.2) is 26.2 Å². The summed E-state index contributed by atoms with van der Waals surface area (Å²) in [7, 11) is 0. The zero-order valence-corrected chi connectivity index (χ0v) is 8.58. The van der Waals surface area contributed by atoms with E-state index in [1.165, 1.54) is 6.33 Å². The molecule has 0 radical (unpaired) electrons. The van der Waals surface area contributed by atoms with Crippen LogP contribution in [0.3, 0.4) is 0 Å². The molecule has 0 saturated carbocycles. The van der Waals surface area contributed by atoms with Gasteiger partial charge >= 0.3 is 0 Å². The first kappa shape index (κ1) is 9.29. The van der Waals surface area contributed by atoms with Gasteiger partial charge in [-0.05, 0) is 6.92 Å². The number of H-pyrrole nitrogens is 1. The van der Waals surface area contributed by atoms with Crippen molar-refractivity contribution in [1.82, 2.24) is 20.2 Å². The lowest BCUT2D eigenvalue weighted by Crippen LogP contribution is -2.17. The van der Waals surface area contributed by atoms with Gasteiger partial charge in [0.1, 0.15) is 6.33 Å². The van der Waals surface area contributed by atoms with Crippen molar-refractivity contribution in [3.8, 4) is 10.8 Å². The summed E-state index contributed by atoms with van der Waals surface area (Å²) < 4.78 is 0. The van der Waals surface area contributed by atoms with E-state index in [1.807, 2.05) is 12.3 Å². The maximum atomic E-state index is 5.68. The van der Waals surface area contributed by atoms with Gasteiger partial charge in [-0.3, -0.25) is 5.10 Å². The summed E-state index contributed by atoms with van der Waals surface area (Å²) in [4.78, 5) is 8.43. The Morgan fingerprint density at radius 3 is 3.14 bits per heavy atom. The maximum absolute atomic E-state index is 5.68. The van der Waals surface area contributed by atoms with Gasteiger partial charge in [-0.25, -0.2) is 9.97 Å². The highest BCUT2D eigenvalue weighted by atomic mass is 32.1. The zero-order valence-electron chi connectivity index (χ0n) is 7.77. The quantitative estimate of drug-likeness (QED) is 0.784. The summed E-state index contributed by atoms with van der Waals surface area (Å²) in [6.07, 6.45) is 2.27. The molecule has 0 amide bonds. The molecule has 2 rings (SSSR count). The zero-order chi connectivity index (χ0) is 9.97. The number of aromatic nitrogens is 4. The molecule has 5 nitrogen and oxygen atoms in total. The van der Waals surface area contributed by atoms with E-state index in [-0.39, 0.29) is 6.04 Å². The Morgan fingerprint density at radius 2 is 2.50 bits per heavy atom. The van der Waals surface area contributed by atoms with E-state index in [9.17, 15) is 0 Å². The van der Waals surface area contributed by atoms with Crippen LogP contribution in [0.1, 0.15) is 12.6 Å². The monoisotopic (exact) mass is 209 g/mol. The van der Waals surface area contributed by atoms with Gasteiger partial charge in [0.15, 0.2) is 10.8 Å². The highest BCUT2D eigenvalue weighted by Crippen LogP contribution is 2.19. The molecule has 14 heavy (non-hydrogen) atoms. The molecule has 0 fully saturated rings. The Kier molecular flexibility index (Phi) is 2.55. The summed E-state index contributed by atoms with van der Waals surface area (Å²) >= 11 is 1.55. The van der Waals surface area contributed by atoms with E-state index >= 15 is 0 Å². The lowest BCUT2D eigenvalue weighted by atomic mass is 10.2. The standard InChI is InChI=1S/C8H11N5S/c1-5(9)2-6-3-14-8(12-6)7-10-4-11-13-7/h3-5H,2,9H2,1H3,(H,10,11,13). The third kappa shape index (κ3) is 1.97. The summed E-state index contributed by atoms with van der Waals surface area (Å²) in [6.45, 7) is 1.97. The Hall–Kier alpha value is -1.27. The number of hydrogen-bond donors (Lipinski definition) is 2. The Balaban J connectivity index is 2.18. The SMILES string of the molecule is CC(N)Cc1csc(-c2ncn[nH]2)n1. The number of hydrogen-bond acceptors (Lipinski definition) is 5. The minimum absolute atomic E-state index is 0.139. The fraction of sp³-hybridized carbons (Fsp3) is 0.375. The molecule has 2 aromatic rings. The molecule has 1 atom stereocenters. The first-order valence-electron chi connectivity index (χ1n) is 4.31. The Labute approximate surface area is 85.4 Å². The minimum atomic E-state index is 0.139. The summed E-state index contributed by atoms with van der Waals surface area (Å²) in [6, 6.07) is 0.139. The Morgan fingerprint density at radius 1 is 1.64 bits per heavy atom.